The monoisotopic (exact) mass is 241 g/mol. The number of aryl methyl sites for hydroxylation is 1. The van der Waals surface area contributed by atoms with Gasteiger partial charge in [0.1, 0.15) is 11.9 Å². The number of halogens is 1. The van der Waals surface area contributed by atoms with Crippen LogP contribution in [-0.2, 0) is 4.79 Å². The van der Waals surface area contributed by atoms with Gasteiger partial charge in [-0.3, -0.25) is 10.1 Å². The van der Waals surface area contributed by atoms with Crippen molar-refractivity contribution in [1.29, 1.82) is 0 Å². The Balaban J connectivity index is 2.20. The van der Waals surface area contributed by atoms with Gasteiger partial charge in [-0.15, -0.1) is 11.8 Å². The first-order chi connectivity index (χ1) is 7.58. The Labute approximate surface area is 97.0 Å². The molecule has 1 aliphatic rings. The number of aliphatic carboxylic acids is 1. The van der Waals surface area contributed by atoms with Crippen LogP contribution in [0.1, 0.15) is 16.5 Å². The van der Waals surface area contributed by atoms with E-state index in [-0.39, 0.29) is 11.2 Å². The van der Waals surface area contributed by atoms with E-state index in [1.165, 1.54) is 17.8 Å². The molecule has 1 saturated heterocycles. The molecular formula is C11H12FNO2S. The fourth-order valence-electron chi connectivity index (χ4n) is 1.66. The number of nitrogens with one attached hydrogen (secondary N) is 1. The fraction of sp³-hybridized carbons (Fsp3) is 0.364. The third-order valence-corrected chi connectivity index (χ3v) is 3.76. The van der Waals surface area contributed by atoms with Gasteiger partial charge in [0.15, 0.2) is 0 Å². The quantitative estimate of drug-likeness (QED) is 0.830. The zero-order chi connectivity index (χ0) is 11.7. The average Bonchev–Trinajstić information content (AvgIpc) is 2.70. The van der Waals surface area contributed by atoms with Crippen molar-refractivity contribution < 1.29 is 14.3 Å². The molecule has 5 heteroatoms. The minimum Gasteiger partial charge on any atom is -0.480 e. The minimum absolute atomic E-state index is 0.263. The van der Waals surface area contributed by atoms with Gasteiger partial charge in [-0.05, 0) is 13.0 Å². The molecule has 1 fully saturated rings. The lowest BCUT2D eigenvalue weighted by Gasteiger charge is -2.12. The number of carboxylic acid groups (broad SMARTS) is 1. The predicted octanol–water partition coefficient (Wildman–Crippen LogP) is 1.92. The van der Waals surface area contributed by atoms with Crippen molar-refractivity contribution in [2.24, 2.45) is 0 Å². The van der Waals surface area contributed by atoms with Crippen molar-refractivity contribution >= 4 is 17.7 Å². The van der Waals surface area contributed by atoms with Crippen molar-refractivity contribution in [2.75, 3.05) is 5.75 Å². The molecule has 0 aliphatic carbocycles. The summed E-state index contributed by atoms with van der Waals surface area (Å²) in [4.78, 5) is 10.8. The lowest BCUT2D eigenvalue weighted by Crippen LogP contribution is -2.33. The van der Waals surface area contributed by atoms with Crippen LogP contribution in [-0.4, -0.2) is 22.9 Å². The van der Waals surface area contributed by atoms with Crippen LogP contribution >= 0.6 is 11.8 Å². The van der Waals surface area contributed by atoms with Crippen molar-refractivity contribution in [2.45, 2.75) is 18.3 Å². The summed E-state index contributed by atoms with van der Waals surface area (Å²) in [6, 6.07) is 4.29. The van der Waals surface area contributed by atoms with Crippen LogP contribution < -0.4 is 5.32 Å². The second-order valence-corrected chi connectivity index (χ2v) is 4.93. The van der Waals surface area contributed by atoms with E-state index in [4.69, 9.17) is 5.11 Å². The first kappa shape index (κ1) is 11.4. The fourth-order valence-corrected chi connectivity index (χ4v) is 2.90. The molecule has 1 aromatic rings. The van der Waals surface area contributed by atoms with E-state index >= 15 is 0 Å². The van der Waals surface area contributed by atoms with E-state index in [0.29, 0.717) is 11.3 Å². The topological polar surface area (TPSA) is 49.3 Å². The van der Waals surface area contributed by atoms with Gasteiger partial charge >= 0.3 is 5.97 Å². The molecule has 2 atom stereocenters. The summed E-state index contributed by atoms with van der Waals surface area (Å²) in [5.41, 5.74) is 1.51. The molecule has 0 spiro atoms. The molecule has 1 aromatic carbocycles. The van der Waals surface area contributed by atoms with Gasteiger partial charge in [-0.25, -0.2) is 4.39 Å². The molecule has 16 heavy (non-hydrogen) atoms. The normalized spacial score (nSPS) is 24.6. The number of hydrogen-bond donors (Lipinski definition) is 2. The summed E-state index contributed by atoms with van der Waals surface area (Å²) in [5, 5.41) is 11.5. The van der Waals surface area contributed by atoms with E-state index in [9.17, 15) is 9.18 Å². The highest BCUT2D eigenvalue weighted by Gasteiger charge is 2.31. The Morgan fingerprint density at radius 1 is 1.62 bits per heavy atom. The molecule has 1 aliphatic heterocycles. The second kappa shape index (κ2) is 4.43. The zero-order valence-corrected chi connectivity index (χ0v) is 9.55. The van der Waals surface area contributed by atoms with Crippen LogP contribution in [0.5, 0.6) is 0 Å². The van der Waals surface area contributed by atoms with Gasteiger partial charge in [-0.2, -0.15) is 0 Å². The van der Waals surface area contributed by atoms with Gasteiger partial charge in [-0.1, -0.05) is 17.7 Å². The van der Waals surface area contributed by atoms with Crippen LogP contribution in [0.4, 0.5) is 4.39 Å². The lowest BCUT2D eigenvalue weighted by molar-refractivity contribution is -0.138. The maximum absolute atomic E-state index is 13.5. The Morgan fingerprint density at radius 3 is 3.00 bits per heavy atom. The lowest BCUT2D eigenvalue weighted by atomic mass is 10.1. The molecule has 86 valence electrons. The molecule has 0 radical (unpaired) electrons. The largest absolute Gasteiger partial charge is 0.480 e. The molecule has 0 bridgehead atoms. The number of hydrogen-bond acceptors (Lipinski definition) is 3. The highest BCUT2D eigenvalue weighted by atomic mass is 32.2. The summed E-state index contributed by atoms with van der Waals surface area (Å²) in [6.45, 7) is 1.89. The molecule has 1 unspecified atom stereocenters. The molecule has 0 aromatic heterocycles. The summed E-state index contributed by atoms with van der Waals surface area (Å²) in [7, 11) is 0. The summed E-state index contributed by atoms with van der Waals surface area (Å²) in [6.07, 6.45) is 0. The number of carbonyl (C=O) groups is 1. The highest BCUT2D eigenvalue weighted by Crippen LogP contribution is 2.34. The Hall–Kier alpha value is -1.07. The standard InChI is InChI=1S/C11H12FNO2S/c1-6-2-3-8(12)7(4-6)10-13-9(5-16-10)11(14)15/h2-4,9-10,13H,5H2,1H3,(H,14,15)/t9-,10?/m1/s1. The molecule has 0 amide bonds. The van der Waals surface area contributed by atoms with E-state index in [1.807, 2.05) is 6.92 Å². The number of benzene rings is 1. The van der Waals surface area contributed by atoms with Crippen molar-refractivity contribution in [3.05, 3.63) is 35.1 Å². The molecule has 2 rings (SSSR count). The average molecular weight is 241 g/mol. The van der Waals surface area contributed by atoms with Gasteiger partial charge in [0, 0.05) is 11.3 Å². The number of thioether (sulfide) groups is 1. The SMILES string of the molecule is Cc1ccc(F)c(C2N[C@@H](C(=O)O)CS2)c1. The van der Waals surface area contributed by atoms with Crippen molar-refractivity contribution in [1.82, 2.24) is 5.32 Å². The maximum atomic E-state index is 13.5. The number of carboxylic acids is 1. The predicted molar refractivity (Wildman–Crippen MR) is 60.9 cm³/mol. The third kappa shape index (κ3) is 2.20. The Bertz CT molecular complexity index is 424. The Morgan fingerprint density at radius 2 is 2.38 bits per heavy atom. The van der Waals surface area contributed by atoms with Crippen molar-refractivity contribution in [3.63, 3.8) is 0 Å². The van der Waals surface area contributed by atoms with Gasteiger partial charge in [0.2, 0.25) is 0 Å². The second-order valence-electron chi connectivity index (χ2n) is 3.80. The third-order valence-electron chi connectivity index (χ3n) is 2.51. The van der Waals surface area contributed by atoms with Crippen LogP contribution in [0.15, 0.2) is 18.2 Å². The van der Waals surface area contributed by atoms with Crippen LogP contribution in [0.2, 0.25) is 0 Å². The van der Waals surface area contributed by atoms with Crippen LogP contribution in [0.25, 0.3) is 0 Å². The number of rotatable bonds is 2. The molecule has 0 saturated carbocycles. The van der Waals surface area contributed by atoms with Gasteiger partial charge < -0.3 is 5.11 Å². The van der Waals surface area contributed by atoms with Gasteiger partial charge in [0.25, 0.3) is 0 Å². The first-order valence-corrected chi connectivity index (χ1v) is 5.99. The summed E-state index contributed by atoms with van der Waals surface area (Å²) in [5.74, 6) is -0.711. The Kier molecular flexibility index (Phi) is 3.16. The summed E-state index contributed by atoms with van der Waals surface area (Å²) >= 11 is 1.42. The maximum Gasteiger partial charge on any atom is 0.321 e. The molecule has 1 heterocycles. The smallest absolute Gasteiger partial charge is 0.321 e. The van der Waals surface area contributed by atoms with Crippen LogP contribution in [0.3, 0.4) is 0 Å². The van der Waals surface area contributed by atoms with E-state index in [2.05, 4.69) is 5.32 Å². The molecular weight excluding hydrogens is 229 g/mol. The molecule has 2 N–H and O–H groups in total. The van der Waals surface area contributed by atoms with E-state index < -0.39 is 12.0 Å². The highest BCUT2D eigenvalue weighted by molar-refractivity contribution is 7.99. The van der Waals surface area contributed by atoms with Crippen LogP contribution in [0, 0.1) is 12.7 Å². The minimum atomic E-state index is -0.886. The van der Waals surface area contributed by atoms with Gasteiger partial charge in [0.05, 0.1) is 5.37 Å². The first-order valence-electron chi connectivity index (χ1n) is 4.94. The van der Waals surface area contributed by atoms with E-state index in [1.54, 1.807) is 12.1 Å². The van der Waals surface area contributed by atoms with E-state index in [0.717, 1.165) is 5.56 Å². The zero-order valence-electron chi connectivity index (χ0n) is 8.74. The molecule has 3 nitrogen and oxygen atoms in total. The van der Waals surface area contributed by atoms with Crippen molar-refractivity contribution in [3.8, 4) is 0 Å². The summed E-state index contributed by atoms with van der Waals surface area (Å²) < 4.78 is 13.5.